The summed E-state index contributed by atoms with van der Waals surface area (Å²) in [5, 5.41) is 0. The monoisotopic (exact) mass is 440 g/mol. The van der Waals surface area contributed by atoms with Crippen LogP contribution in [0.2, 0.25) is 0 Å². The summed E-state index contributed by atoms with van der Waals surface area (Å²) in [7, 11) is 0. The van der Waals surface area contributed by atoms with Crippen molar-refractivity contribution in [2.45, 2.75) is 102 Å². The first-order chi connectivity index (χ1) is 15.6. The maximum absolute atomic E-state index is 11.7. The van der Waals surface area contributed by atoms with E-state index in [-0.39, 0.29) is 18.7 Å². The number of carbonyl (C=O) groups excluding carboxylic acids is 1. The molecule has 1 saturated heterocycles. The molecular formula is C28H40O4. The van der Waals surface area contributed by atoms with Crippen molar-refractivity contribution >= 4 is 5.97 Å². The van der Waals surface area contributed by atoms with Gasteiger partial charge in [0.1, 0.15) is 12.7 Å². The minimum absolute atomic E-state index is 0.105. The number of carbonyl (C=O) groups is 1. The van der Waals surface area contributed by atoms with Gasteiger partial charge in [-0.15, -0.1) is 0 Å². The molecule has 176 valence electrons. The second-order valence-corrected chi connectivity index (χ2v) is 10.2. The molecule has 0 unspecified atom stereocenters. The number of hydrogen-bond donors (Lipinski definition) is 0. The van der Waals surface area contributed by atoms with Gasteiger partial charge in [-0.1, -0.05) is 63.5 Å². The highest BCUT2D eigenvalue weighted by Gasteiger charge is 2.48. The Kier molecular flexibility index (Phi) is 7.73. The standard InChI is InChI=1S/C28H40O4/c1-3-5-7-13-27-14-17-28(18-15-27,19-16-27)23-11-9-22(10-12-23)24-20-31-26(21-30-24)32-25(29)8-6-4-2/h6,8-12,24,26H,3-5,7,13-21H2,1-2H3/t24-,26-,27?,28?/m0/s1. The van der Waals surface area contributed by atoms with E-state index in [4.69, 9.17) is 14.2 Å². The minimum atomic E-state index is -0.625. The first-order valence-corrected chi connectivity index (χ1v) is 12.8. The molecule has 32 heavy (non-hydrogen) atoms. The molecule has 0 N–H and O–H groups in total. The van der Waals surface area contributed by atoms with Crippen LogP contribution in [0.5, 0.6) is 0 Å². The zero-order chi connectivity index (χ0) is 22.4. The van der Waals surface area contributed by atoms with Gasteiger partial charge in [0, 0.05) is 6.08 Å². The molecule has 2 atom stereocenters. The van der Waals surface area contributed by atoms with E-state index in [1.165, 1.54) is 75.8 Å². The third kappa shape index (κ3) is 5.28. The highest BCUT2D eigenvalue weighted by Crippen LogP contribution is 2.59. The van der Waals surface area contributed by atoms with Crippen LogP contribution in [0.4, 0.5) is 0 Å². The molecule has 3 aliphatic carbocycles. The fraction of sp³-hybridized carbons (Fsp3) is 0.679. The number of ether oxygens (including phenoxy) is 3. The van der Waals surface area contributed by atoms with Crippen LogP contribution in [0.1, 0.15) is 102 Å². The zero-order valence-corrected chi connectivity index (χ0v) is 19.9. The molecule has 4 aliphatic rings. The van der Waals surface area contributed by atoms with E-state index in [0.29, 0.717) is 17.4 Å². The molecule has 0 spiro atoms. The Labute approximate surface area is 193 Å². The average Bonchev–Trinajstić information content (AvgIpc) is 2.85. The van der Waals surface area contributed by atoms with Gasteiger partial charge >= 0.3 is 5.97 Å². The van der Waals surface area contributed by atoms with Crippen LogP contribution >= 0.6 is 0 Å². The van der Waals surface area contributed by atoms with Crippen LogP contribution < -0.4 is 0 Å². The molecule has 1 heterocycles. The topological polar surface area (TPSA) is 44.8 Å². The Morgan fingerprint density at radius 1 is 1.00 bits per heavy atom. The predicted molar refractivity (Wildman–Crippen MR) is 126 cm³/mol. The SMILES string of the molecule is CCC=CC(=O)O[C@H]1CO[C@H](c2ccc(C34CCC(CCCCC)(CC3)CC4)cc2)CO1. The third-order valence-electron chi connectivity index (χ3n) is 8.21. The van der Waals surface area contributed by atoms with Crippen LogP contribution in [-0.4, -0.2) is 25.5 Å². The highest BCUT2D eigenvalue weighted by atomic mass is 16.7. The fourth-order valence-electron chi connectivity index (χ4n) is 6.00. The lowest BCUT2D eigenvalue weighted by atomic mass is 9.51. The van der Waals surface area contributed by atoms with E-state index in [1.807, 2.05) is 6.92 Å². The molecule has 1 aromatic carbocycles. The van der Waals surface area contributed by atoms with Crippen molar-refractivity contribution < 1.29 is 19.0 Å². The Balaban J connectivity index is 1.29. The highest BCUT2D eigenvalue weighted by molar-refractivity contribution is 5.81. The van der Waals surface area contributed by atoms with Gasteiger partial charge in [-0.2, -0.15) is 0 Å². The van der Waals surface area contributed by atoms with Crippen LogP contribution in [-0.2, 0) is 24.4 Å². The summed E-state index contributed by atoms with van der Waals surface area (Å²) in [6.45, 7) is 4.95. The smallest absolute Gasteiger partial charge is 0.332 e. The Bertz CT molecular complexity index is 749. The molecule has 4 heteroatoms. The molecule has 5 rings (SSSR count). The third-order valence-corrected chi connectivity index (χ3v) is 8.21. The number of allylic oxidation sites excluding steroid dienone is 1. The van der Waals surface area contributed by atoms with Crippen molar-refractivity contribution in [3.05, 3.63) is 47.5 Å². The Morgan fingerprint density at radius 2 is 1.72 bits per heavy atom. The summed E-state index contributed by atoms with van der Waals surface area (Å²) in [6, 6.07) is 9.09. The van der Waals surface area contributed by atoms with E-state index in [9.17, 15) is 4.79 Å². The van der Waals surface area contributed by atoms with Crippen LogP contribution in [0.15, 0.2) is 36.4 Å². The van der Waals surface area contributed by atoms with E-state index in [1.54, 1.807) is 6.08 Å². The van der Waals surface area contributed by atoms with E-state index < -0.39 is 6.29 Å². The van der Waals surface area contributed by atoms with Gasteiger partial charge in [0.15, 0.2) is 0 Å². The molecule has 2 bridgehead atoms. The van der Waals surface area contributed by atoms with Crippen LogP contribution in [0, 0.1) is 5.41 Å². The van der Waals surface area contributed by atoms with Crippen molar-refractivity contribution in [1.82, 2.24) is 0 Å². The number of hydrogen-bond acceptors (Lipinski definition) is 4. The van der Waals surface area contributed by atoms with Gasteiger partial charge in [0.05, 0.1) is 6.61 Å². The number of fused-ring (bicyclic) bond motifs is 3. The summed E-state index contributed by atoms with van der Waals surface area (Å²) in [4.78, 5) is 11.7. The number of esters is 1. The summed E-state index contributed by atoms with van der Waals surface area (Å²) in [5.74, 6) is -0.378. The molecule has 3 saturated carbocycles. The quantitative estimate of drug-likeness (QED) is 0.241. The largest absolute Gasteiger partial charge is 0.430 e. The van der Waals surface area contributed by atoms with Crippen molar-refractivity contribution in [2.24, 2.45) is 5.41 Å². The van der Waals surface area contributed by atoms with Gasteiger partial charge in [-0.05, 0) is 73.3 Å². The number of rotatable bonds is 9. The van der Waals surface area contributed by atoms with E-state index in [0.717, 1.165) is 12.0 Å². The van der Waals surface area contributed by atoms with Crippen LogP contribution in [0.3, 0.4) is 0 Å². The number of unbranched alkanes of at least 4 members (excludes halogenated alkanes) is 2. The summed E-state index contributed by atoms with van der Waals surface area (Å²) >= 11 is 0. The summed E-state index contributed by atoms with van der Waals surface area (Å²) < 4.78 is 17.0. The molecule has 0 radical (unpaired) electrons. The van der Waals surface area contributed by atoms with Gasteiger partial charge in [-0.3, -0.25) is 0 Å². The van der Waals surface area contributed by atoms with Crippen molar-refractivity contribution in [1.29, 1.82) is 0 Å². The van der Waals surface area contributed by atoms with Gasteiger partial charge in [0.25, 0.3) is 0 Å². The first-order valence-electron chi connectivity index (χ1n) is 12.8. The molecular weight excluding hydrogens is 400 g/mol. The Hall–Kier alpha value is -1.65. The average molecular weight is 441 g/mol. The van der Waals surface area contributed by atoms with Gasteiger partial charge < -0.3 is 14.2 Å². The van der Waals surface area contributed by atoms with Crippen molar-refractivity contribution in [3.8, 4) is 0 Å². The second-order valence-electron chi connectivity index (χ2n) is 10.2. The second kappa shape index (κ2) is 10.5. The summed E-state index contributed by atoms with van der Waals surface area (Å²) in [6.07, 6.45) is 17.1. The predicted octanol–water partition coefficient (Wildman–Crippen LogP) is 6.78. The van der Waals surface area contributed by atoms with Crippen molar-refractivity contribution in [3.63, 3.8) is 0 Å². The van der Waals surface area contributed by atoms with E-state index in [2.05, 4.69) is 31.2 Å². The first kappa shape index (κ1) is 23.5. The molecule has 4 nitrogen and oxygen atoms in total. The van der Waals surface area contributed by atoms with Crippen molar-refractivity contribution in [2.75, 3.05) is 13.2 Å². The van der Waals surface area contributed by atoms with E-state index >= 15 is 0 Å². The normalized spacial score (nSPS) is 32.3. The minimum Gasteiger partial charge on any atom is -0.430 e. The summed E-state index contributed by atoms with van der Waals surface area (Å²) in [5.41, 5.74) is 3.69. The number of benzene rings is 1. The molecule has 4 fully saturated rings. The molecule has 0 aromatic heterocycles. The Morgan fingerprint density at radius 3 is 2.31 bits per heavy atom. The van der Waals surface area contributed by atoms with Gasteiger partial charge in [0.2, 0.25) is 6.29 Å². The lowest BCUT2D eigenvalue weighted by Gasteiger charge is -2.54. The molecule has 1 aliphatic heterocycles. The molecule has 0 amide bonds. The lowest BCUT2D eigenvalue weighted by Crippen LogP contribution is -2.44. The fourth-order valence-corrected chi connectivity index (χ4v) is 6.00. The maximum atomic E-state index is 11.7. The molecule has 1 aromatic rings. The van der Waals surface area contributed by atoms with Gasteiger partial charge in [-0.25, -0.2) is 4.79 Å². The lowest BCUT2D eigenvalue weighted by molar-refractivity contribution is -0.230. The van der Waals surface area contributed by atoms with Crippen LogP contribution in [0.25, 0.3) is 0 Å². The maximum Gasteiger partial charge on any atom is 0.332 e. The zero-order valence-electron chi connectivity index (χ0n) is 19.9.